The van der Waals surface area contributed by atoms with Gasteiger partial charge in [-0.25, -0.2) is 14.7 Å². The molecule has 4 rings (SSSR count). The smallest absolute Gasteiger partial charge is 0.374 e. The number of fused-ring (bicyclic) bond motifs is 3. The first-order chi connectivity index (χ1) is 12.2. The summed E-state index contributed by atoms with van der Waals surface area (Å²) in [5, 5.41) is 5.34. The molecule has 1 aromatic carbocycles. The Morgan fingerprint density at radius 3 is 2.84 bits per heavy atom. The minimum atomic E-state index is -0.641. The van der Waals surface area contributed by atoms with Crippen molar-refractivity contribution in [2.75, 3.05) is 0 Å². The predicted octanol–water partition coefficient (Wildman–Crippen LogP) is 1.58. The second kappa shape index (κ2) is 6.39. The minimum absolute atomic E-state index is 0.0246. The van der Waals surface area contributed by atoms with Gasteiger partial charge in [0.25, 0.3) is 0 Å². The van der Waals surface area contributed by atoms with Gasteiger partial charge in [0.2, 0.25) is 0 Å². The molecule has 0 saturated heterocycles. The summed E-state index contributed by atoms with van der Waals surface area (Å²) in [4.78, 5) is 32.4. The van der Waals surface area contributed by atoms with Crippen molar-refractivity contribution in [2.24, 2.45) is 0 Å². The zero-order chi connectivity index (χ0) is 17.2. The van der Waals surface area contributed by atoms with E-state index < -0.39 is 11.8 Å². The highest BCUT2D eigenvalue weighted by molar-refractivity contribution is 5.69. The number of benzene rings is 1. The lowest BCUT2D eigenvalue weighted by molar-refractivity contribution is 0.196. The molecule has 0 unspecified atom stereocenters. The molecule has 8 nitrogen and oxygen atoms in total. The molecule has 0 saturated carbocycles. The van der Waals surface area contributed by atoms with Gasteiger partial charge < -0.3 is 10.1 Å². The van der Waals surface area contributed by atoms with Crippen LogP contribution in [-0.2, 0) is 19.4 Å². The normalized spacial score (nSPS) is 13.4. The summed E-state index contributed by atoms with van der Waals surface area (Å²) < 4.78 is 6.39. The second-order valence-electron chi connectivity index (χ2n) is 5.94. The number of nitrogens with zero attached hydrogens (tertiary/aromatic N) is 3. The molecular weight excluding hydrogens is 322 g/mol. The largest absolute Gasteiger partial charge is 0.415 e. The van der Waals surface area contributed by atoms with Crippen LogP contribution in [0.1, 0.15) is 29.7 Å². The van der Waals surface area contributed by atoms with Gasteiger partial charge in [0.1, 0.15) is 0 Å². The van der Waals surface area contributed by atoms with Crippen LogP contribution in [0.5, 0.6) is 6.01 Å². The van der Waals surface area contributed by atoms with Gasteiger partial charge >= 0.3 is 17.8 Å². The van der Waals surface area contributed by atoms with Crippen molar-refractivity contribution >= 4 is 11.7 Å². The number of carbonyl (C=O) groups is 1. The van der Waals surface area contributed by atoms with E-state index in [0.29, 0.717) is 12.2 Å². The summed E-state index contributed by atoms with van der Waals surface area (Å²) in [7, 11) is 0. The number of hydrogen-bond donors (Lipinski definition) is 2. The predicted molar refractivity (Wildman–Crippen MR) is 89.6 cm³/mol. The van der Waals surface area contributed by atoms with Crippen molar-refractivity contribution in [1.82, 2.24) is 24.9 Å². The molecule has 0 atom stereocenters. The first-order valence-corrected chi connectivity index (χ1v) is 8.21. The summed E-state index contributed by atoms with van der Waals surface area (Å²) in [6, 6.07) is 9.47. The van der Waals surface area contributed by atoms with Crippen molar-refractivity contribution in [3.05, 3.63) is 57.6 Å². The molecule has 1 aliphatic carbocycles. The molecule has 1 amide bonds. The van der Waals surface area contributed by atoms with Gasteiger partial charge in [-0.3, -0.25) is 0 Å². The van der Waals surface area contributed by atoms with Crippen LogP contribution >= 0.6 is 0 Å². The van der Waals surface area contributed by atoms with Crippen LogP contribution < -0.4 is 15.7 Å². The number of carbonyl (C=O) groups excluding carboxylic acids is 1. The van der Waals surface area contributed by atoms with Crippen LogP contribution in [-0.4, -0.2) is 25.7 Å². The first-order valence-electron chi connectivity index (χ1n) is 8.21. The number of hydrogen-bond acceptors (Lipinski definition) is 5. The van der Waals surface area contributed by atoms with Gasteiger partial charge in [0.05, 0.1) is 5.69 Å². The maximum Gasteiger partial charge on any atom is 0.415 e. The van der Waals surface area contributed by atoms with E-state index >= 15 is 0 Å². The molecule has 0 radical (unpaired) electrons. The van der Waals surface area contributed by atoms with Crippen LogP contribution in [0.3, 0.4) is 0 Å². The molecule has 8 heteroatoms. The van der Waals surface area contributed by atoms with Crippen LogP contribution in [0.15, 0.2) is 35.1 Å². The number of aromatic nitrogens is 4. The number of nitrogens with one attached hydrogen (secondary N) is 2. The average Bonchev–Trinajstić information content (AvgIpc) is 3.05. The molecule has 1 aliphatic rings. The summed E-state index contributed by atoms with van der Waals surface area (Å²) in [6.07, 6.45) is 3.00. The fraction of sp³-hybridized carbons (Fsp3) is 0.294. The Hall–Kier alpha value is -3.16. The van der Waals surface area contributed by atoms with E-state index in [1.54, 1.807) is 0 Å². The summed E-state index contributed by atoms with van der Waals surface area (Å²) in [6.45, 7) is 0.344. The van der Waals surface area contributed by atoms with E-state index in [9.17, 15) is 9.59 Å². The van der Waals surface area contributed by atoms with Gasteiger partial charge in [0.15, 0.2) is 5.65 Å². The lowest BCUT2D eigenvalue weighted by atomic mass is 9.97. The van der Waals surface area contributed by atoms with Crippen molar-refractivity contribution < 1.29 is 9.53 Å². The van der Waals surface area contributed by atoms with E-state index in [1.165, 1.54) is 4.52 Å². The summed E-state index contributed by atoms with van der Waals surface area (Å²) >= 11 is 0. The van der Waals surface area contributed by atoms with Crippen LogP contribution in [0.25, 0.3) is 5.65 Å². The lowest BCUT2D eigenvalue weighted by Gasteiger charge is -2.13. The Kier molecular flexibility index (Phi) is 3.93. The highest BCUT2D eigenvalue weighted by Gasteiger charge is 2.20. The first kappa shape index (κ1) is 15.4. The molecule has 2 N–H and O–H groups in total. The van der Waals surface area contributed by atoms with Crippen molar-refractivity contribution in [3.8, 4) is 6.01 Å². The molecule has 2 aromatic heterocycles. The van der Waals surface area contributed by atoms with E-state index in [1.807, 2.05) is 30.3 Å². The highest BCUT2D eigenvalue weighted by atomic mass is 16.6. The maximum absolute atomic E-state index is 12.1. The zero-order valence-electron chi connectivity index (χ0n) is 13.5. The monoisotopic (exact) mass is 339 g/mol. The van der Waals surface area contributed by atoms with Crippen molar-refractivity contribution in [1.29, 1.82) is 0 Å². The van der Waals surface area contributed by atoms with E-state index in [2.05, 4.69) is 20.4 Å². The lowest BCUT2D eigenvalue weighted by Crippen LogP contribution is -2.26. The fourth-order valence-electron chi connectivity index (χ4n) is 3.02. The van der Waals surface area contributed by atoms with E-state index in [-0.39, 0.29) is 6.01 Å². The summed E-state index contributed by atoms with van der Waals surface area (Å²) in [5.41, 5.74) is 2.74. The Morgan fingerprint density at radius 1 is 1.20 bits per heavy atom. The Bertz CT molecular complexity index is 977. The molecule has 25 heavy (non-hydrogen) atoms. The number of aromatic amines is 1. The molecule has 128 valence electrons. The third-order valence-corrected chi connectivity index (χ3v) is 4.23. The number of amides is 1. The van der Waals surface area contributed by atoms with E-state index in [0.717, 1.165) is 42.5 Å². The Morgan fingerprint density at radius 2 is 2.00 bits per heavy atom. The Balaban J connectivity index is 1.53. The second-order valence-corrected chi connectivity index (χ2v) is 5.94. The van der Waals surface area contributed by atoms with Gasteiger partial charge in [-0.1, -0.05) is 30.3 Å². The molecule has 0 bridgehead atoms. The Labute approximate surface area is 142 Å². The van der Waals surface area contributed by atoms with Crippen molar-refractivity contribution in [3.63, 3.8) is 0 Å². The molecule has 3 aromatic rings. The van der Waals surface area contributed by atoms with Crippen LogP contribution in [0.4, 0.5) is 4.79 Å². The molecule has 0 fully saturated rings. The SMILES string of the molecule is O=C(NCc1ccccc1)Oc1nc2c3c(nc(=O)n2[nH]1)CCCC3. The third-order valence-electron chi connectivity index (χ3n) is 4.23. The topological polar surface area (TPSA) is 101 Å². The quantitative estimate of drug-likeness (QED) is 0.754. The molecular formula is C17H17N5O3. The average molecular weight is 339 g/mol. The minimum Gasteiger partial charge on any atom is -0.374 e. The standard InChI is InChI=1S/C17H17N5O3/c23-16-19-13-9-5-4-8-12(13)14-20-15(21-22(14)16)25-17(24)18-10-11-6-2-1-3-7-11/h1-3,6-7H,4-5,8-10H2,(H,18,24)(H,20,21). The van der Waals surface area contributed by atoms with Crippen LogP contribution in [0.2, 0.25) is 0 Å². The van der Waals surface area contributed by atoms with Gasteiger partial charge in [-0.2, -0.15) is 14.5 Å². The third kappa shape index (κ3) is 3.10. The number of H-pyrrole nitrogens is 1. The zero-order valence-corrected chi connectivity index (χ0v) is 13.5. The van der Waals surface area contributed by atoms with E-state index in [4.69, 9.17) is 4.74 Å². The number of rotatable bonds is 3. The van der Waals surface area contributed by atoms with Gasteiger partial charge in [0, 0.05) is 12.1 Å². The molecule has 0 spiro atoms. The maximum atomic E-state index is 12.1. The summed E-state index contributed by atoms with van der Waals surface area (Å²) in [5.74, 6) is 0. The fourth-order valence-corrected chi connectivity index (χ4v) is 3.02. The van der Waals surface area contributed by atoms with Gasteiger partial charge in [-0.15, -0.1) is 0 Å². The highest BCUT2D eigenvalue weighted by Crippen LogP contribution is 2.22. The van der Waals surface area contributed by atoms with Gasteiger partial charge in [-0.05, 0) is 31.2 Å². The molecule has 2 heterocycles. The number of aryl methyl sites for hydroxylation is 2. The number of ether oxygens (including phenoxy) is 1. The van der Waals surface area contributed by atoms with Crippen molar-refractivity contribution in [2.45, 2.75) is 32.2 Å². The van der Waals surface area contributed by atoms with Crippen LogP contribution in [0, 0.1) is 0 Å². The molecule has 0 aliphatic heterocycles.